The maximum absolute atomic E-state index is 13.4. The number of hydrogen-bond acceptors (Lipinski definition) is 1. The van der Waals surface area contributed by atoms with Gasteiger partial charge in [0.25, 0.3) is 0 Å². The molecule has 1 atom stereocenters. The second-order valence-corrected chi connectivity index (χ2v) is 6.96. The Morgan fingerprint density at radius 3 is 2.65 bits per heavy atom. The molecule has 0 heterocycles. The summed E-state index contributed by atoms with van der Waals surface area (Å²) in [6.45, 7) is 0. The van der Waals surface area contributed by atoms with Gasteiger partial charge in [-0.25, -0.2) is 4.39 Å². The molecule has 1 aromatic rings. The van der Waals surface area contributed by atoms with Crippen molar-refractivity contribution in [2.45, 2.75) is 57.4 Å². The van der Waals surface area contributed by atoms with E-state index in [-0.39, 0.29) is 5.82 Å². The monoisotopic (exact) mass is 341 g/mol. The molecule has 3 heteroatoms. The molecule has 1 N–H and O–H groups in total. The average Bonchev–Trinajstić information content (AvgIpc) is 2.43. The van der Waals surface area contributed by atoms with Crippen LogP contribution in [-0.4, -0.2) is 13.1 Å². The van der Waals surface area contributed by atoms with Crippen molar-refractivity contribution in [3.8, 4) is 0 Å². The van der Waals surface area contributed by atoms with Crippen molar-refractivity contribution in [3.63, 3.8) is 0 Å². The Morgan fingerprint density at radius 1 is 1.25 bits per heavy atom. The minimum Gasteiger partial charge on any atom is -0.317 e. The first-order chi connectivity index (χ1) is 9.67. The van der Waals surface area contributed by atoms with Gasteiger partial charge < -0.3 is 5.32 Å². The molecule has 0 aromatic heterocycles. The van der Waals surface area contributed by atoms with Gasteiger partial charge in [-0.3, -0.25) is 0 Å². The van der Waals surface area contributed by atoms with Crippen LogP contribution >= 0.6 is 15.9 Å². The normalized spacial score (nSPS) is 18.1. The Kier molecular flexibility index (Phi) is 6.50. The SMILES string of the molecule is CNC(CCC1CCCCC1)Cc1cc(F)cc(Br)c1. The van der Waals surface area contributed by atoms with Crippen molar-refractivity contribution >= 4 is 15.9 Å². The lowest BCUT2D eigenvalue weighted by atomic mass is 9.84. The lowest BCUT2D eigenvalue weighted by molar-refractivity contribution is 0.315. The highest BCUT2D eigenvalue weighted by atomic mass is 79.9. The molecule has 1 aliphatic carbocycles. The predicted octanol–water partition coefficient (Wildman–Crippen LogP) is 5.08. The minimum absolute atomic E-state index is 0.156. The predicted molar refractivity (Wildman–Crippen MR) is 86.5 cm³/mol. The third-order valence-electron chi connectivity index (χ3n) is 4.46. The molecule has 0 saturated heterocycles. The number of benzene rings is 1. The first-order valence-corrected chi connectivity index (χ1v) is 8.59. The number of nitrogens with one attached hydrogen (secondary N) is 1. The van der Waals surface area contributed by atoms with Gasteiger partial charge >= 0.3 is 0 Å². The first-order valence-electron chi connectivity index (χ1n) is 7.79. The van der Waals surface area contributed by atoms with E-state index in [1.165, 1.54) is 51.0 Å². The van der Waals surface area contributed by atoms with Gasteiger partial charge in [-0.2, -0.15) is 0 Å². The summed E-state index contributed by atoms with van der Waals surface area (Å²) in [6, 6.07) is 5.63. The smallest absolute Gasteiger partial charge is 0.124 e. The van der Waals surface area contributed by atoms with E-state index in [9.17, 15) is 4.39 Å². The molecule has 0 amide bonds. The summed E-state index contributed by atoms with van der Waals surface area (Å²) in [5, 5.41) is 3.39. The van der Waals surface area contributed by atoms with Gasteiger partial charge in [0.2, 0.25) is 0 Å². The van der Waals surface area contributed by atoms with Crippen LogP contribution in [0.5, 0.6) is 0 Å². The van der Waals surface area contributed by atoms with Gasteiger partial charge in [-0.05, 0) is 56.0 Å². The van der Waals surface area contributed by atoms with Crippen LogP contribution in [0.1, 0.15) is 50.5 Å². The third-order valence-corrected chi connectivity index (χ3v) is 4.92. The molecule has 0 radical (unpaired) electrons. The Labute approximate surface area is 130 Å². The highest BCUT2D eigenvalue weighted by Crippen LogP contribution is 2.28. The van der Waals surface area contributed by atoms with Crippen LogP contribution in [0.15, 0.2) is 22.7 Å². The van der Waals surface area contributed by atoms with E-state index >= 15 is 0 Å². The third kappa shape index (κ3) is 5.17. The maximum Gasteiger partial charge on any atom is 0.124 e. The zero-order valence-corrected chi connectivity index (χ0v) is 13.9. The first kappa shape index (κ1) is 16.0. The van der Waals surface area contributed by atoms with Gasteiger partial charge in [0.1, 0.15) is 5.82 Å². The zero-order valence-electron chi connectivity index (χ0n) is 12.3. The maximum atomic E-state index is 13.4. The van der Waals surface area contributed by atoms with Crippen molar-refractivity contribution in [2.24, 2.45) is 5.92 Å². The second kappa shape index (κ2) is 8.14. The van der Waals surface area contributed by atoms with Gasteiger partial charge in [-0.1, -0.05) is 48.0 Å². The molecule has 1 saturated carbocycles. The van der Waals surface area contributed by atoms with Gasteiger partial charge in [-0.15, -0.1) is 0 Å². The zero-order chi connectivity index (χ0) is 14.4. The van der Waals surface area contributed by atoms with E-state index in [0.29, 0.717) is 6.04 Å². The van der Waals surface area contributed by atoms with Crippen LogP contribution < -0.4 is 5.32 Å². The molecular formula is C17H25BrFN. The van der Waals surface area contributed by atoms with E-state index in [4.69, 9.17) is 0 Å². The summed E-state index contributed by atoms with van der Waals surface area (Å²) in [5.41, 5.74) is 1.07. The summed E-state index contributed by atoms with van der Waals surface area (Å²) in [7, 11) is 2.01. The average molecular weight is 342 g/mol. The van der Waals surface area contributed by atoms with Crippen LogP contribution in [-0.2, 0) is 6.42 Å². The van der Waals surface area contributed by atoms with E-state index in [1.54, 1.807) is 6.07 Å². The molecule has 1 aliphatic rings. The van der Waals surface area contributed by atoms with E-state index in [0.717, 1.165) is 22.4 Å². The molecule has 1 aromatic carbocycles. The van der Waals surface area contributed by atoms with E-state index in [2.05, 4.69) is 21.2 Å². The van der Waals surface area contributed by atoms with Crippen LogP contribution in [0.4, 0.5) is 4.39 Å². The Hall–Kier alpha value is -0.410. The van der Waals surface area contributed by atoms with Crippen LogP contribution in [0, 0.1) is 11.7 Å². The topological polar surface area (TPSA) is 12.0 Å². The number of hydrogen-bond donors (Lipinski definition) is 1. The van der Waals surface area contributed by atoms with Crippen molar-refractivity contribution in [1.29, 1.82) is 0 Å². The van der Waals surface area contributed by atoms with Crippen molar-refractivity contribution in [1.82, 2.24) is 5.32 Å². The standard InChI is InChI=1S/C17H25BrFN/c1-20-17(8-7-13-5-3-2-4-6-13)11-14-9-15(18)12-16(19)10-14/h9-10,12-13,17,20H,2-8,11H2,1H3. The quantitative estimate of drug-likeness (QED) is 0.760. The van der Waals surface area contributed by atoms with Gasteiger partial charge in [0.05, 0.1) is 0 Å². The summed E-state index contributed by atoms with van der Waals surface area (Å²) >= 11 is 3.37. The Bertz CT molecular complexity index is 395. The minimum atomic E-state index is -0.156. The molecule has 0 spiro atoms. The lowest BCUT2D eigenvalue weighted by Crippen LogP contribution is -2.28. The van der Waals surface area contributed by atoms with E-state index < -0.39 is 0 Å². The molecular weight excluding hydrogens is 317 g/mol. The van der Waals surface area contributed by atoms with Crippen LogP contribution in [0.25, 0.3) is 0 Å². The molecule has 1 fully saturated rings. The Morgan fingerprint density at radius 2 is 2.00 bits per heavy atom. The van der Waals surface area contributed by atoms with Crippen LogP contribution in [0.2, 0.25) is 0 Å². The number of rotatable bonds is 6. The van der Waals surface area contributed by atoms with Gasteiger partial charge in [0, 0.05) is 10.5 Å². The van der Waals surface area contributed by atoms with Crippen molar-refractivity contribution in [2.75, 3.05) is 7.05 Å². The molecule has 20 heavy (non-hydrogen) atoms. The highest BCUT2D eigenvalue weighted by Gasteiger charge is 2.16. The fraction of sp³-hybridized carbons (Fsp3) is 0.647. The molecule has 0 bridgehead atoms. The fourth-order valence-corrected chi connectivity index (χ4v) is 3.79. The summed E-state index contributed by atoms with van der Waals surface area (Å²) in [6.07, 6.45) is 10.4. The summed E-state index contributed by atoms with van der Waals surface area (Å²) < 4.78 is 14.2. The fourth-order valence-electron chi connectivity index (χ4n) is 3.27. The lowest BCUT2D eigenvalue weighted by Gasteiger charge is -2.24. The molecule has 1 unspecified atom stereocenters. The van der Waals surface area contributed by atoms with Gasteiger partial charge in [0.15, 0.2) is 0 Å². The largest absolute Gasteiger partial charge is 0.317 e. The summed E-state index contributed by atoms with van der Waals surface area (Å²) in [5.74, 6) is 0.760. The highest BCUT2D eigenvalue weighted by molar-refractivity contribution is 9.10. The molecule has 0 aliphatic heterocycles. The van der Waals surface area contributed by atoms with Crippen molar-refractivity contribution < 1.29 is 4.39 Å². The van der Waals surface area contributed by atoms with E-state index in [1.807, 2.05) is 13.1 Å². The van der Waals surface area contributed by atoms with Crippen molar-refractivity contribution in [3.05, 3.63) is 34.1 Å². The molecule has 1 nitrogen and oxygen atoms in total. The summed E-state index contributed by atoms with van der Waals surface area (Å²) in [4.78, 5) is 0. The molecule has 2 rings (SSSR count). The second-order valence-electron chi connectivity index (χ2n) is 6.05. The van der Waals surface area contributed by atoms with Crippen LogP contribution in [0.3, 0.4) is 0 Å². The molecule has 112 valence electrons. The number of likely N-dealkylation sites (N-methyl/N-ethyl adjacent to an activating group) is 1. The number of halogens is 2. The Balaban J connectivity index is 1.84.